The molecule has 0 unspecified atom stereocenters. The maximum atomic E-state index is 12.7. The summed E-state index contributed by atoms with van der Waals surface area (Å²) in [7, 11) is 0. The van der Waals surface area contributed by atoms with Crippen LogP contribution in [-0.2, 0) is 4.79 Å². The van der Waals surface area contributed by atoms with Crippen LogP contribution in [0.15, 0.2) is 24.3 Å². The van der Waals surface area contributed by atoms with E-state index in [-0.39, 0.29) is 35.1 Å². The molecule has 0 saturated heterocycles. The van der Waals surface area contributed by atoms with E-state index in [1.54, 1.807) is 0 Å². The van der Waals surface area contributed by atoms with Crippen molar-refractivity contribution >= 4 is 17.5 Å². The van der Waals surface area contributed by atoms with E-state index in [1.165, 1.54) is 0 Å². The Hall–Kier alpha value is -2.04. The molecule has 1 spiro atoms. The van der Waals surface area contributed by atoms with Crippen LogP contribution in [0.25, 0.3) is 0 Å². The van der Waals surface area contributed by atoms with Gasteiger partial charge in [-0.2, -0.15) is 0 Å². The van der Waals surface area contributed by atoms with Crippen LogP contribution in [0.1, 0.15) is 56.8 Å². The number of rotatable bonds is 2. The molecule has 1 aromatic carbocycles. The molecule has 3 saturated carbocycles. The molecule has 5 nitrogen and oxygen atoms in total. The van der Waals surface area contributed by atoms with Gasteiger partial charge in [0.1, 0.15) is 5.66 Å². The Morgan fingerprint density at radius 3 is 2.76 bits per heavy atom. The molecule has 5 heteroatoms. The first kappa shape index (κ1) is 16.4. The zero-order valence-electron chi connectivity index (χ0n) is 15.2. The summed E-state index contributed by atoms with van der Waals surface area (Å²) in [4.78, 5) is 25.4. The molecular formula is C20H27N3O2. The van der Waals surface area contributed by atoms with Crippen molar-refractivity contribution in [2.45, 2.75) is 58.2 Å². The summed E-state index contributed by atoms with van der Waals surface area (Å²) in [6, 6.07) is 7.83. The lowest BCUT2D eigenvalue weighted by atomic mass is 9.51. The molecule has 5 rings (SSSR count). The number of fused-ring (bicyclic) bond motifs is 3. The monoisotopic (exact) mass is 341 g/mol. The smallest absolute Gasteiger partial charge is 0.255 e. The Kier molecular flexibility index (Phi) is 3.60. The van der Waals surface area contributed by atoms with Gasteiger partial charge in [0.15, 0.2) is 0 Å². The second kappa shape index (κ2) is 5.48. The van der Waals surface area contributed by atoms with Crippen molar-refractivity contribution in [3.05, 3.63) is 29.8 Å². The highest BCUT2D eigenvalue weighted by molar-refractivity contribution is 6.02. The molecule has 0 radical (unpaired) electrons. The molecular weight excluding hydrogens is 314 g/mol. The molecule has 4 atom stereocenters. The Morgan fingerprint density at radius 1 is 1.28 bits per heavy atom. The van der Waals surface area contributed by atoms with Crippen LogP contribution < -0.4 is 16.0 Å². The Bertz CT molecular complexity index is 731. The van der Waals surface area contributed by atoms with Crippen molar-refractivity contribution < 1.29 is 9.59 Å². The third-order valence-electron chi connectivity index (χ3n) is 6.42. The van der Waals surface area contributed by atoms with E-state index in [4.69, 9.17) is 0 Å². The molecule has 134 valence electrons. The van der Waals surface area contributed by atoms with Gasteiger partial charge in [0.25, 0.3) is 5.91 Å². The Balaban J connectivity index is 1.64. The normalized spacial score (nSPS) is 35.9. The van der Waals surface area contributed by atoms with E-state index >= 15 is 0 Å². The third-order valence-corrected chi connectivity index (χ3v) is 6.42. The summed E-state index contributed by atoms with van der Waals surface area (Å²) >= 11 is 0. The van der Waals surface area contributed by atoms with Crippen LogP contribution in [0, 0.1) is 17.3 Å². The summed E-state index contributed by atoms with van der Waals surface area (Å²) in [5.41, 5.74) is 1.09. The zero-order chi connectivity index (χ0) is 17.8. The van der Waals surface area contributed by atoms with Gasteiger partial charge in [0.05, 0.1) is 5.56 Å². The second-order valence-corrected chi connectivity index (χ2v) is 8.61. The van der Waals surface area contributed by atoms with Crippen LogP contribution in [-0.4, -0.2) is 23.5 Å². The standard InChI is InChI=1S/C20H27N3O2/c1-12(2)21-18(25)15-10-13-8-9-19(15,3)11-20(13)22-16-7-5-4-6-14(16)17(24)23-20/h4-7,12-13,15,22H,8-11H2,1-3H3,(H,21,25)(H,23,24)/t13-,15+,19+,20+/m1/s1. The van der Waals surface area contributed by atoms with Gasteiger partial charge in [-0.3, -0.25) is 9.59 Å². The van der Waals surface area contributed by atoms with Gasteiger partial charge in [-0.25, -0.2) is 0 Å². The maximum Gasteiger partial charge on any atom is 0.255 e. The van der Waals surface area contributed by atoms with Gasteiger partial charge < -0.3 is 16.0 Å². The number of carbonyl (C=O) groups is 2. The molecule has 1 aliphatic heterocycles. The largest absolute Gasteiger partial charge is 0.362 e. The van der Waals surface area contributed by atoms with Gasteiger partial charge in [0.2, 0.25) is 5.91 Å². The molecule has 1 heterocycles. The first-order valence-corrected chi connectivity index (χ1v) is 9.33. The fraction of sp³-hybridized carbons (Fsp3) is 0.600. The molecule has 3 fully saturated rings. The molecule has 1 aromatic rings. The molecule has 3 N–H and O–H groups in total. The van der Waals surface area contributed by atoms with Crippen LogP contribution in [0.2, 0.25) is 0 Å². The molecule has 3 aliphatic carbocycles. The van der Waals surface area contributed by atoms with E-state index in [1.807, 2.05) is 38.1 Å². The number of anilines is 1. The average Bonchev–Trinajstić information content (AvgIpc) is 2.53. The number of carbonyl (C=O) groups excluding carboxylic acids is 2. The minimum atomic E-state index is -0.424. The molecule has 4 aliphatic rings. The van der Waals surface area contributed by atoms with Crippen molar-refractivity contribution in [2.24, 2.45) is 17.3 Å². The fourth-order valence-corrected chi connectivity index (χ4v) is 5.24. The summed E-state index contributed by atoms with van der Waals surface area (Å²) in [6.45, 7) is 6.22. The van der Waals surface area contributed by atoms with Gasteiger partial charge in [-0.05, 0) is 57.1 Å². The third kappa shape index (κ3) is 2.52. The predicted octanol–water partition coefficient (Wildman–Crippen LogP) is 2.89. The fourth-order valence-electron chi connectivity index (χ4n) is 5.24. The SMILES string of the molecule is CC(C)NC(=O)[C@@H]1C[C@H]2CC[C@@]1(C)C[C@]21NC(=O)c2ccccc2N1. The van der Waals surface area contributed by atoms with E-state index in [0.717, 1.165) is 31.4 Å². The van der Waals surface area contributed by atoms with Crippen molar-refractivity contribution in [1.82, 2.24) is 10.6 Å². The van der Waals surface area contributed by atoms with Crippen LogP contribution >= 0.6 is 0 Å². The zero-order valence-corrected chi connectivity index (χ0v) is 15.2. The van der Waals surface area contributed by atoms with Crippen molar-refractivity contribution in [3.63, 3.8) is 0 Å². The molecule has 0 aromatic heterocycles. The molecule has 2 bridgehead atoms. The van der Waals surface area contributed by atoms with E-state index < -0.39 is 5.66 Å². The first-order valence-electron chi connectivity index (χ1n) is 9.33. The minimum absolute atomic E-state index is 0.00585. The van der Waals surface area contributed by atoms with Crippen LogP contribution in [0.4, 0.5) is 5.69 Å². The molecule has 25 heavy (non-hydrogen) atoms. The maximum absolute atomic E-state index is 12.7. The summed E-state index contributed by atoms with van der Waals surface area (Å²) < 4.78 is 0. The lowest BCUT2D eigenvalue weighted by Crippen LogP contribution is -2.70. The summed E-state index contributed by atoms with van der Waals surface area (Å²) in [5.74, 6) is 0.456. The van der Waals surface area contributed by atoms with E-state index in [9.17, 15) is 9.59 Å². The molecule has 2 amide bonds. The second-order valence-electron chi connectivity index (χ2n) is 8.61. The van der Waals surface area contributed by atoms with Crippen molar-refractivity contribution in [1.29, 1.82) is 0 Å². The number of nitrogens with one attached hydrogen (secondary N) is 3. The van der Waals surface area contributed by atoms with Crippen LogP contribution in [0.5, 0.6) is 0 Å². The number of hydrogen-bond acceptors (Lipinski definition) is 3. The van der Waals surface area contributed by atoms with Crippen LogP contribution in [0.3, 0.4) is 0 Å². The number of para-hydroxylation sites is 1. The average molecular weight is 341 g/mol. The van der Waals surface area contributed by atoms with Gasteiger partial charge in [-0.15, -0.1) is 0 Å². The number of hydrogen-bond donors (Lipinski definition) is 3. The highest BCUT2D eigenvalue weighted by Crippen LogP contribution is 2.58. The van der Waals surface area contributed by atoms with E-state index in [0.29, 0.717) is 5.56 Å². The highest BCUT2D eigenvalue weighted by Gasteiger charge is 2.60. The minimum Gasteiger partial charge on any atom is -0.362 e. The Morgan fingerprint density at radius 2 is 2.04 bits per heavy atom. The van der Waals surface area contributed by atoms with Crippen molar-refractivity contribution in [2.75, 3.05) is 5.32 Å². The number of amides is 2. The van der Waals surface area contributed by atoms with Gasteiger partial charge in [0, 0.05) is 23.6 Å². The predicted molar refractivity (Wildman–Crippen MR) is 97.1 cm³/mol. The summed E-state index contributed by atoms with van der Waals surface area (Å²) in [6.07, 6.45) is 3.69. The van der Waals surface area contributed by atoms with Gasteiger partial charge in [-0.1, -0.05) is 19.1 Å². The van der Waals surface area contributed by atoms with Crippen molar-refractivity contribution in [3.8, 4) is 0 Å². The van der Waals surface area contributed by atoms with Gasteiger partial charge >= 0.3 is 0 Å². The topological polar surface area (TPSA) is 70.2 Å². The Labute approximate surface area is 148 Å². The first-order chi connectivity index (χ1) is 11.8. The number of benzene rings is 1. The lowest BCUT2D eigenvalue weighted by molar-refractivity contribution is -0.140. The van der Waals surface area contributed by atoms with E-state index in [2.05, 4.69) is 22.9 Å². The summed E-state index contributed by atoms with van der Waals surface area (Å²) in [5, 5.41) is 9.99. The lowest BCUT2D eigenvalue weighted by Gasteiger charge is -2.60. The highest BCUT2D eigenvalue weighted by atomic mass is 16.2. The quantitative estimate of drug-likeness (QED) is 0.775.